The average molecular weight is 231 g/mol. The van der Waals surface area contributed by atoms with Gasteiger partial charge in [-0.1, -0.05) is 24.3 Å². The molecule has 17 heavy (non-hydrogen) atoms. The molecule has 0 aliphatic rings. The number of hydrogen-bond acceptors (Lipinski definition) is 3. The monoisotopic (exact) mass is 231 g/mol. The Kier molecular flexibility index (Phi) is 3.96. The maximum atomic E-state index is 8.88. The van der Waals surface area contributed by atoms with Crippen molar-refractivity contribution in [1.82, 2.24) is 5.32 Å². The summed E-state index contributed by atoms with van der Waals surface area (Å²) in [6.45, 7) is 3.56. The van der Waals surface area contributed by atoms with Gasteiger partial charge in [0.25, 0.3) is 0 Å². The molecule has 0 saturated heterocycles. The molecule has 1 aromatic carbocycles. The summed E-state index contributed by atoms with van der Waals surface area (Å²) in [5.74, 6) is 1.46. The van der Waals surface area contributed by atoms with Crippen molar-refractivity contribution in [3.8, 4) is 0 Å². The number of hydrogen-bond donors (Lipinski definition) is 2. The minimum Gasteiger partial charge on any atom is -0.462 e. The van der Waals surface area contributed by atoms with Crippen LogP contribution in [0.3, 0.4) is 0 Å². The molecule has 3 nitrogen and oxygen atoms in total. The van der Waals surface area contributed by atoms with Gasteiger partial charge in [0.2, 0.25) is 0 Å². The number of aryl methyl sites for hydroxylation is 1. The zero-order valence-corrected chi connectivity index (χ0v) is 9.94. The smallest absolute Gasteiger partial charge is 0.129 e. The van der Waals surface area contributed by atoms with E-state index in [1.165, 1.54) is 11.1 Å². The van der Waals surface area contributed by atoms with Gasteiger partial charge in [0, 0.05) is 6.54 Å². The highest BCUT2D eigenvalue weighted by atomic mass is 16.4. The Morgan fingerprint density at radius 2 is 1.82 bits per heavy atom. The van der Waals surface area contributed by atoms with Crippen LogP contribution in [0.25, 0.3) is 0 Å². The van der Waals surface area contributed by atoms with Crippen molar-refractivity contribution in [3.05, 3.63) is 59.0 Å². The molecule has 1 aromatic heterocycles. The van der Waals surface area contributed by atoms with Gasteiger partial charge >= 0.3 is 0 Å². The predicted molar refractivity (Wildman–Crippen MR) is 66.4 cm³/mol. The second-order valence-corrected chi connectivity index (χ2v) is 4.06. The third kappa shape index (κ3) is 3.19. The molecule has 2 N–H and O–H groups in total. The maximum absolute atomic E-state index is 8.88. The third-order valence-electron chi connectivity index (χ3n) is 2.75. The minimum absolute atomic E-state index is 0.0439. The van der Waals surface area contributed by atoms with Crippen LogP contribution < -0.4 is 5.32 Å². The van der Waals surface area contributed by atoms with Gasteiger partial charge in [0.1, 0.15) is 18.1 Å². The largest absolute Gasteiger partial charge is 0.462 e. The molecule has 0 atom stereocenters. The van der Waals surface area contributed by atoms with E-state index in [9.17, 15) is 0 Å². The zero-order chi connectivity index (χ0) is 12.1. The van der Waals surface area contributed by atoms with E-state index in [1.54, 1.807) is 6.07 Å². The van der Waals surface area contributed by atoms with E-state index in [-0.39, 0.29) is 6.61 Å². The maximum Gasteiger partial charge on any atom is 0.129 e. The van der Waals surface area contributed by atoms with Crippen molar-refractivity contribution in [2.75, 3.05) is 0 Å². The average Bonchev–Trinajstić information content (AvgIpc) is 2.80. The topological polar surface area (TPSA) is 45.4 Å². The predicted octanol–water partition coefficient (Wildman–Crippen LogP) is 2.37. The number of aliphatic hydroxyl groups is 1. The third-order valence-corrected chi connectivity index (χ3v) is 2.75. The molecule has 2 rings (SSSR count). The highest BCUT2D eigenvalue weighted by Gasteiger charge is 2.01. The van der Waals surface area contributed by atoms with Gasteiger partial charge in [-0.15, -0.1) is 0 Å². The second kappa shape index (κ2) is 5.66. The molecule has 90 valence electrons. The molecule has 0 aliphatic carbocycles. The molecule has 0 spiro atoms. The van der Waals surface area contributed by atoms with Crippen molar-refractivity contribution < 1.29 is 9.52 Å². The number of furan rings is 1. The highest BCUT2D eigenvalue weighted by molar-refractivity contribution is 5.25. The highest BCUT2D eigenvalue weighted by Crippen LogP contribution is 2.09. The molecule has 2 aromatic rings. The quantitative estimate of drug-likeness (QED) is 0.830. The molecule has 1 heterocycles. The lowest BCUT2D eigenvalue weighted by Crippen LogP contribution is -2.12. The van der Waals surface area contributed by atoms with E-state index in [4.69, 9.17) is 9.52 Å². The fraction of sp³-hybridized carbons (Fsp3) is 0.286. The van der Waals surface area contributed by atoms with E-state index in [0.717, 1.165) is 12.3 Å². The molecular formula is C14H17NO2. The zero-order valence-electron chi connectivity index (χ0n) is 9.94. The summed E-state index contributed by atoms with van der Waals surface area (Å²) < 4.78 is 5.39. The van der Waals surface area contributed by atoms with Crippen LogP contribution in [0.5, 0.6) is 0 Å². The first-order valence-corrected chi connectivity index (χ1v) is 5.73. The molecule has 0 bridgehead atoms. The minimum atomic E-state index is -0.0439. The van der Waals surface area contributed by atoms with Crippen molar-refractivity contribution in [2.24, 2.45) is 0 Å². The van der Waals surface area contributed by atoms with Crippen LogP contribution in [-0.4, -0.2) is 5.11 Å². The Morgan fingerprint density at radius 1 is 1.06 bits per heavy atom. The second-order valence-electron chi connectivity index (χ2n) is 4.06. The summed E-state index contributed by atoms with van der Waals surface area (Å²) in [5, 5.41) is 12.2. The summed E-state index contributed by atoms with van der Waals surface area (Å²) in [4.78, 5) is 0. The van der Waals surface area contributed by atoms with Crippen LogP contribution in [0.2, 0.25) is 0 Å². The van der Waals surface area contributed by atoms with E-state index >= 15 is 0 Å². The van der Waals surface area contributed by atoms with E-state index in [1.807, 2.05) is 18.2 Å². The van der Waals surface area contributed by atoms with Crippen LogP contribution in [0.1, 0.15) is 22.6 Å². The molecule has 0 unspecified atom stereocenters. The van der Waals surface area contributed by atoms with E-state index < -0.39 is 0 Å². The number of nitrogens with one attached hydrogen (secondary N) is 1. The molecule has 0 radical (unpaired) electrons. The van der Waals surface area contributed by atoms with Gasteiger partial charge in [-0.3, -0.25) is 0 Å². The molecular weight excluding hydrogens is 214 g/mol. The Balaban J connectivity index is 1.85. The van der Waals surface area contributed by atoms with Crippen LogP contribution in [0.4, 0.5) is 0 Å². The first kappa shape index (κ1) is 11.9. The Morgan fingerprint density at radius 3 is 2.53 bits per heavy atom. The Hall–Kier alpha value is -1.58. The fourth-order valence-electron chi connectivity index (χ4n) is 1.73. The normalized spacial score (nSPS) is 10.7. The van der Waals surface area contributed by atoms with Crippen LogP contribution in [0.15, 0.2) is 40.8 Å². The van der Waals surface area contributed by atoms with Crippen molar-refractivity contribution in [3.63, 3.8) is 0 Å². The van der Waals surface area contributed by atoms with Gasteiger partial charge in [-0.25, -0.2) is 0 Å². The summed E-state index contributed by atoms with van der Waals surface area (Å²) in [7, 11) is 0. The van der Waals surface area contributed by atoms with E-state index in [0.29, 0.717) is 12.3 Å². The Bertz CT molecular complexity index is 477. The lowest BCUT2D eigenvalue weighted by Gasteiger charge is -2.06. The summed E-state index contributed by atoms with van der Waals surface area (Å²) in [6.07, 6.45) is 0. The van der Waals surface area contributed by atoms with Crippen molar-refractivity contribution in [2.45, 2.75) is 26.6 Å². The van der Waals surface area contributed by atoms with Gasteiger partial charge < -0.3 is 14.8 Å². The number of aliphatic hydroxyl groups excluding tert-OH is 1. The van der Waals surface area contributed by atoms with Crippen molar-refractivity contribution in [1.29, 1.82) is 0 Å². The molecule has 3 heteroatoms. The summed E-state index contributed by atoms with van der Waals surface area (Å²) in [6, 6.07) is 12.0. The van der Waals surface area contributed by atoms with Gasteiger partial charge in [-0.05, 0) is 30.2 Å². The van der Waals surface area contributed by atoms with Crippen LogP contribution >= 0.6 is 0 Å². The first-order chi connectivity index (χ1) is 8.29. The first-order valence-electron chi connectivity index (χ1n) is 5.73. The number of rotatable bonds is 5. The molecule has 0 saturated carbocycles. The van der Waals surface area contributed by atoms with Gasteiger partial charge in [-0.2, -0.15) is 0 Å². The van der Waals surface area contributed by atoms with E-state index in [2.05, 4.69) is 24.4 Å². The molecule has 0 fully saturated rings. The lowest BCUT2D eigenvalue weighted by molar-refractivity contribution is 0.242. The fourth-order valence-corrected chi connectivity index (χ4v) is 1.73. The summed E-state index contributed by atoms with van der Waals surface area (Å²) >= 11 is 0. The van der Waals surface area contributed by atoms with Crippen LogP contribution in [0, 0.1) is 6.92 Å². The summed E-state index contributed by atoms with van der Waals surface area (Å²) in [5.41, 5.74) is 2.58. The number of benzene rings is 1. The molecule has 0 aliphatic heterocycles. The lowest BCUT2D eigenvalue weighted by atomic mass is 10.1. The molecule has 0 amide bonds. The van der Waals surface area contributed by atoms with Crippen LogP contribution in [-0.2, 0) is 19.7 Å². The Labute approximate surface area is 101 Å². The van der Waals surface area contributed by atoms with Gasteiger partial charge in [0.15, 0.2) is 0 Å². The standard InChI is InChI=1S/C14H17NO2/c1-11-4-2-3-5-12(11)8-15-9-13-6-7-14(10-16)17-13/h2-7,15-16H,8-10H2,1H3. The van der Waals surface area contributed by atoms with Crippen molar-refractivity contribution >= 4 is 0 Å². The van der Waals surface area contributed by atoms with Gasteiger partial charge in [0.05, 0.1) is 6.54 Å². The SMILES string of the molecule is Cc1ccccc1CNCc1ccc(CO)o1.